The lowest BCUT2D eigenvalue weighted by Crippen LogP contribution is -2.30. The van der Waals surface area contributed by atoms with E-state index in [2.05, 4.69) is 203 Å². The van der Waals surface area contributed by atoms with Gasteiger partial charge in [0.25, 0.3) is 0 Å². The predicted octanol–water partition coefficient (Wildman–Crippen LogP) is 27.7. The van der Waals surface area contributed by atoms with Crippen LogP contribution < -0.4 is 0 Å². The summed E-state index contributed by atoms with van der Waals surface area (Å²) in [6, 6.07) is 0. The Morgan fingerprint density at radius 1 is 0.252 bits per heavy atom. The van der Waals surface area contributed by atoms with Gasteiger partial charge in [0.05, 0.1) is 26.4 Å². The number of allylic oxidation sites excluding steroid dienone is 30. The van der Waals surface area contributed by atoms with Crippen molar-refractivity contribution in [3.63, 3.8) is 0 Å². The topological polar surface area (TPSA) is 231 Å². The van der Waals surface area contributed by atoms with Gasteiger partial charge in [0.2, 0.25) is 0 Å². The Morgan fingerprint density at radius 3 is 0.730 bits per heavy atom. The van der Waals surface area contributed by atoms with Crippen molar-refractivity contribution in [1.29, 1.82) is 0 Å². The molecule has 5 atom stereocenters. The van der Waals surface area contributed by atoms with Crippen LogP contribution in [0.1, 0.15) is 355 Å². The third-order valence-corrected chi connectivity index (χ3v) is 20.5. The summed E-state index contributed by atoms with van der Waals surface area (Å²) >= 11 is 0. The zero-order valence-corrected chi connectivity index (χ0v) is 73.9. The third kappa shape index (κ3) is 89.3. The summed E-state index contributed by atoms with van der Waals surface area (Å²) in [4.78, 5) is 59.0. The van der Waals surface area contributed by atoms with Gasteiger partial charge in [-0.15, -0.1) is 0 Å². The largest absolute Gasteiger partial charge is 0.472 e. The Kier molecular flexibility index (Phi) is 83.9. The molecule has 0 rings (SSSR count). The molecule has 0 saturated carbocycles. The lowest BCUT2D eigenvalue weighted by molar-refractivity contribution is -0.161. The van der Waals surface area contributed by atoms with Crippen molar-refractivity contribution in [3.8, 4) is 0 Å². The highest BCUT2D eigenvalue weighted by atomic mass is 31.2. The van der Waals surface area contributed by atoms with Gasteiger partial charge in [0, 0.05) is 19.3 Å². The molecule has 0 radical (unpaired) electrons. The predicted molar refractivity (Wildman–Crippen MR) is 481 cm³/mol. The molecule has 0 aromatic heterocycles. The van der Waals surface area contributed by atoms with Gasteiger partial charge in [-0.2, -0.15) is 0 Å². The molecular formula is C97H162O16P2. The van der Waals surface area contributed by atoms with Crippen LogP contribution in [-0.4, -0.2) is 95.9 Å². The van der Waals surface area contributed by atoms with Crippen LogP contribution in [-0.2, 0) is 55.8 Å². The number of aliphatic hydroxyl groups excluding tert-OH is 2. The standard InChI is InChI=1S/C97H162O16P2/c1-4-7-10-13-16-19-22-25-28-31-34-37-39-41-42-43-44-45-46-47-48-50-52-54-56-59-62-65-68-71-74-77-80-83-95(100)107-86-92(98)87-109-114(103,104)110-88-93(99)89-111-115(105,106)112-91-94(113-97(102)85-82-79-76-73-70-67-64-61-58-53-36-33-30-27-24-21-18-15-12-9-6-3)90-108-96(101)84-81-78-75-72-69-66-63-60-57-55-51-49-40-38-35-32-29-26-23-20-17-14-11-8-5-2/h7,9-10,12,16-21,25-30,34-38,41-42,44-45,49,51,53,61,64,92-94,98-99H,4-6,8,11,13-15,22-24,31-33,39-40,43,46-48,50,52,54-60,62-63,65-91H2,1-3H3,(H,103,104)(H,105,106)/b10-7-,12-9-,19-16-,20-17-,21-18-,28-25-,29-26-,30-27-,37-34-,38-35-,42-41-,45-44-,51-49-,53-36-,64-61-. The second kappa shape index (κ2) is 87.9. The van der Waals surface area contributed by atoms with Gasteiger partial charge in [0.1, 0.15) is 25.4 Å². The molecule has 0 fully saturated rings. The molecule has 0 aliphatic rings. The van der Waals surface area contributed by atoms with Crippen LogP contribution in [0.25, 0.3) is 0 Å². The van der Waals surface area contributed by atoms with E-state index in [0.717, 1.165) is 180 Å². The molecule has 0 saturated heterocycles. The Hall–Kier alpha value is -5.35. The van der Waals surface area contributed by atoms with Crippen molar-refractivity contribution in [2.75, 3.05) is 39.6 Å². The summed E-state index contributed by atoms with van der Waals surface area (Å²) in [7, 11) is -9.82. The zero-order valence-electron chi connectivity index (χ0n) is 72.1. The number of carbonyl (C=O) groups excluding carboxylic acids is 3. The minimum Gasteiger partial charge on any atom is -0.463 e. The Balaban J connectivity index is 4.60. The van der Waals surface area contributed by atoms with Crippen molar-refractivity contribution in [2.24, 2.45) is 0 Å². The summed E-state index contributed by atoms with van der Waals surface area (Å²) in [6.45, 7) is 2.42. The van der Waals surface area contributed by atoms with Crippen LogP contribution in [0.3, 0.4) is 0 Å². The van der Waals surface area contributed by atoms with E-state index in [1.165, 1.54) is 116 Å². The molecule has 0 spiro atoms. The second-order valence-corrected chi connectivity index (χ2v) is 32.5. The van der Waals surface area contributed by atoms with Crippen molar-refractivity contribution in [1.82, 2.24) is 0 Å². The third-order valence-electron chi connectivity index (χ3n) is 18.6. The summed E-state index contributed by atoms with van der Waals surface area (Å²) < 4.78 is 61.4. The molecule has 18 heteroatoms. The Labute approximate surface area is 700 Å². The van der Waals surface area contributed by atoms with E-state index >= 15 is 0 Å². The SMILES string of the molecule is CC/C=C\C/C=C\C/C=C\C/C=C\C/C=C\C/C=C\CCCCCCCCCCCCCCCCC(=O)OCC(O)COP(=O)(O)OCC(O)COP(=O)(O)OCC(COC(=O)CCCCCCCCCCC/C=C\C/C=C\C/C=C\C/C=C\CCCCC)OC(=O)CCCCCCC/C=C\C/C=C\C/C=C\C/C=C\C/C=C\CC. The molecule has 0 heterocycles. The molecule has 115 heavy (non-hydrogen) atoms. The van der Waals surface area contributed by atoms with Crippen LogP contribution in [0.15, 0.2) is 182 Å². The van der Waals surface area contributed by atoms with E-state index in [9.17, 15) is 43.5 Å². The molecule has 0 aromatic carbocycles. The molecule has 0 amide bonds. The van der Waals surface area contributed by atoms with Crippen LogP contribution in [0.5, 0.6) is 0 Å². The fourth-order valence-corrected chi connectivity index (χ4v) is 13.4. The average Bonchev–Trinajstić information content (AvgIpc) is 0.902. The maximum Gasteiger partial charge on any atom is 0.472 e. The van der Waals surface area contributed by atoms with Gasteiger partial charge in [0.15, 0.2) is 6.10 Å². The van der Waals surface area contributed by atoms with Gasteiger partial charge >= 0.3 is 33.6 Å². The number of phosphoric ester groups is 2. The molecule has 0 bridgehead atoms. The molecule has 4 N–H and O–H groups in total. The number of hydrogen-bond acceptors (Lipinski definition) is 14. The molecule has 0 aliphatic heterocycles. The highest BCUT2D eigenvalue weighted by Crippen LogP contribution is 2.45. The second-order valence-electron chi connectivity index (χ2n) is 29.6. The maximum atomic E-state index is 13.0. The summed E-state index contributed by atoms with van der Waals surface area (Å²) in [6.07, 6.45) is 115. The highest BCUT2D eigenvalue weighted by molar-refractivity contribution is 7.47. The van der Waals surface area contributed by atoms with Crippen LogP contribution in [0, 0.1) is 0 Å². The molecule has 0 aromatic rings. The molecule has 0 aliphatic carbocycles. The fraction of sp³-hybridized carbons (Fsp3) is 0.660. The minimum absolute atomic E-state index is 0.0756. The van der Waals surface area contributed by atoms with Gasteiger partial charge in [-0.25, -0.2) is 9.13 Å². The number of aliphatic hydroxyl groups is 2. The lowest BCUT2D eigenvalue weighted by Gasteiger charge is -2.21. The summed E-state index contributed by atoms with van der Waals surface area (Å²) in [5, 5.41) is 20.7. The first-order chi connectivity index (χ1) is 56.2. The van der Waals surface area contributed by atoms with Crippen LogP contribution in [0.4, 0.5) is 0 Å². The van der Waals surface area contributed by atoms with Gasteiger partial charge in [-0.05, 0) is 161 Å². The van der Waals surface area contributed by atoms with Gasteiger partial charge < -0.3 is 34.2 Å². The van der Waals surface area contributed by atoms with E-state index in [0.29, 0.717) is 19.3 Å². The van der Waals surface area contributed by atoms with Crippen molar-refractivity contribution >= 4 is 33.6 Å². The van der Waals surface area contributed by atoms with Gasteiger partial charge in [-0.1, -0.05) is 357 Å². The smallest absolute Gasteiger partial charge is 0.463 e. The quantitative estimate of drug-likeness (QED) is 0.0146. The van der Waals surface area contributed by atoms with Crippen LogP contribution in [0.2, 0.25) is 0 Å². The number of unbranched alkanes of at least 4 members (excludes halogenated alkanes) is 31. The highest BCUT2D eigenvalue weighted by Gasteiger charge is 2.29. The number of hydrogen-bond donors (Lipinski definition) is 4. The van der Waals surface area contributed by atoms with E-state index in [-0.39, 0.29) is 19.3 Å². The van der Waals surface area contributed by atoms with Gasteiger partial charge in [-0.3, -0.25) is 32.5 Å². The lowest BCUT2D eigenvalue weighted by atomic mass is 10.0. The normalized spacial score (nSPS) is 14.7. The Morgan fingerprint density at radius 2 is 0.461 bits per heavy atom. The molecular weight excluding hydrogens is 1480 g/mol. The van der Waals surface area contributed by atoms with Crippen molar-refractivity contribution in [2.45, 2.75) is 373 Å². The number of esters is 3. The number of ether oxygens (including phenoxy) is 3. The average molecular weight is 1650 g/mol. The zero-order chi connectivity index (χ0) is 83.6. The number of phosphoric acid groups is 2. The van der Waals surface area contributed by atoms with E-state index in [1.54, 1.807) is 0 Å². The fourth-order valence-electron chi connectivity index (χ4n) is 11.8. The monoisotopic (exact) mass is 1650 g/mol. The summed E-state index contributed by atoms with van der Waals surface area (Å²) in [5.74, 6) is -1.60. The summed E-state index contributed by atoms with van der Waals surface area (Å²) in [5.41, 5.74) is 0. The van der Waals surface area contributed by atoms with Crippen LogP contribution >= 0.6 is 15.6 Å². The molecule has 656 valence electrons. The maximum absolute atomic E-state index is 13.0. The minimum atomic E-state index is -4.95. The van der Waals surface area contributed by atoms with E-state index in [1.807, 2.05) is 0 Å². The van der Waals surface area contributed by atoms with Crippen molar-refractivity contribution < 1.29 is 75.8 Å². The van der Waals surface area contributed by atoms with E-state index in [4.69, 9.17) is 32.3 Å². The Bertz CT molecular complexity index is 2820. The first-order valence-electron chi connectivity index (χ1n) is 45.1. The molecule has 5 unspecified atom stereocenters. The molecule has 16 nitrogen and oxygen atoms in total. The first-order valence-corrected chi connectivity index (χ1v) is 48.1. The number of carbonyl (C=O) groups is 3. The number of rotatable bonds is 84. The van der Waals surface area contributed by atoms with E-state index < -0.39 is 91.5 Å². The first kappa shape index (κ1) is 110. The van der Waals surface area contributed by atoms with Crippen molar-refractivity contribution in [3.05, 3.63) is 182 Å².